The molecule has 0 aliphatic carbocycles. The molecule has 0 aliphatic heterocycles. The van der Waals surface area contributed by atoms with E-state index in [-0.39, 0.29) is 31.1 Å². The molecule has 0 saturated carbocycles. The van der Waals surface area contributed by atoms with Crippen molar-refractivity contribution in [1.82, 2.24) is 0 Å². The van der Waals surface area contributed by atoms with Crippen molar-refractivity contribution in [2.24, 2.45) is 0 Å². The van der Waals surface area contributed by atoms with Gasteiger partial charge in [-0.25, -0.2) is 0 Å². The molecule has 0 atom stereocenters. The lowest BCUT2D eigenvalue weighted by Gasteiger charge is -2.18. The Bertz CT molecular complexity index is 343. The number of hydrogen-bond acceptors (Lipinski definition) is 6. The highest BCUT2D eigenvalue weighted by Crippen LogP contribution is 2.05. The van der Waals surface area contributed by atoms with Gasteiger partial charge in [-0.2, -0.15) is 0 Å². The molecular weight excluding hydrogens is 312 g/mol. The summed E-state index contributed by atoms with van der Waals surface area (Å²) in [5, 5.41) is 0. The molecule has 0 amide bonds. The number of carbonyl (C=O) groups is 3. The molecule has 0 bridgehead atoms. The predicted molar refractivity (Wildman–Crippen MR) is 90.4 cm³/mol. The molecule has 0 heterocycles. The molecule has 24 heavy (non-hydrogen) atoms. The van der Waals surface area contributed by atoms with Crippen LogP contribution in [0.3, 0.4) is 0 Å². The summed E-state index contributed by atoms with van der Waals surface area (Å²) in [4.78, 5) is 34.9. The van der Waals surface area contributed by atoms with E-state index in [4.69, 9.17) is 14.2 Å². The molecule has 0 fully saturated rings. The van der Waals surface area contributed by atoms with Crippen molar-refractivity contribution in [1.29, 1.82) is 0 Å². The highest BCUT2D eigenvalue weighted by molar-refractivity contribution is 5.71. The Labute approximate surface area is 145 Å². The van der Waals surface area contributed by atoms with Gasteiger partial charge in [-0.15, -0.1) is 0 Å². The molecule has 0 aliphatic rings. The largest absolute Gasteiger partial charge is 0.462 e. The average Bonchev–Trinajstić information content (AvgIpc) is 2.58. The maximum Gasteiger partial charge on any atom is 0.306 e. The minimum atomic E-state index is -0.745. The maximum absolute atomic E-state index is 11.7. The Morgan fingerprint density at radius 3 is 1.42 bits per heavy atom. The fourth-order valence-electron chi connectivity index (χ4n) is 1.84. The van der Waals surface area contributed by atoms with Crippen LogP contribution in [0.4, 0.5) is 0 Å². The Kier molecular flexibility index (Phi) is 14.0. The first-order valence-corrected chi connectivity index (χ1v) is 9.04. The zero-order chi connectivity index (χ0) is 18.2. The van der Waals surface area contributed by atoms with Crippen LogP contribution in [0.1, 0.15) is 78.6 Å². The molecule has 0 radical (unpaired) electrons. The normalized spacial score (nSPS) is 10.5. The number of rotatable bonds is 14. The number of esters is 3. The van der Waals surface area contributed by atoms with Crippen LogP contribution in [-0.4, -0.2) is 37.2 Å². The monoisotopic (exact) mass is 344 g/mol. The fourth-order valence-corrected chi connectivity index (χ4v) is 1.84. The van der Waals surface area contributed by atoms with Gasteiger partial charge < -0.3 is 14.2 Å². The molecule has 0 aromatic rings. The van der Waals surface area contributed by atoms with Gasteiger partial charge in [0.2, 0.25) is 0 Å². The second kappa shape index (κ2) is 15.0. The lowest BCUT2D eigenvalue weighted by Crippen LogP contribution is -2.30. The molecule has 0 aromatic carbocycles. The van der Waals surface area contributed by atoms with Gasteiger partial charge in [-0.3, -0.25) is 14.4 Å². The van der Waals surface area contributed by atoms with Crippen LogP contribution in [0.2, 0.25) is 0 Å². The summed E-state index contributed by atoms with van der Waals surface area (Å²) in [5.41, 5.74) is 0. The van der Waals surface area contributed by atoms with Gasteiger partial charge in [0, 0.05) is 19.3 Å². The fraction of sp³-hybridized carbons (Fsp3) is 0.833. The zero-order valence-electron chi connectivity index (χ0n) is 15.3. The lowest BCUT2D eigenvalue weighted by molar-refractivity contribution is -0.167. The third kappa shape index (κ3) is 12.9. The molecule has 140 valence electrons. The van der Waals surface area contributed by atoms with E-state index in [0.717, 1.165) is 38.5 Å². The highest BCUT2D eigenvalue weighted by Gasteiger charge is 2.19. The molecule has 6 heteroatoms. The lowest BCUT2D eigenvalue weighted by atomic mass is 10.2. The van der Waals surface area contributed by atoms with Crippen molar-refractivity contribution in [3.63, 3.8) is 0 Å². The Morgan fingerprint density at radius 2 is 1.04 bits per heavy atom. The van der Waals surface area contributed by atoms with Gasteiger partial charge in [0.15, 0.2) is 6.10 Å². The predicted octanol–water partition coefficient (Wildman–Crippen LogP) is 3.56. The second-order valence-corrected chi connectivity index (χ2v) is 5.79. The second-order valence-electron chi connectivity index (χ2n) is 5.79. The van der Waals surface area contributed by atoms with Crippen LogP contribution < -0.4 is 0 Å². The Morgan fingerprint density at radius 1 is 0.667 bits per heavy atom. The van der Waals surface area contributed by atoms with Gasteiger partial charge in [0.25, 0.3) is 0 Å². The van der Waals surface area contributed by atoms with E-state index in [1.54, 1.807) is 0 Å². The molecule has 0 saturated heterocycles. The maximum atomic E-state index is 11.7. The van der Waals surface area contributed by atoms with Crippen LogP contribution in [0.5, 0.6) is 0 Å². The molecule has 0 unspecified atom stereocenters. The Balaban J connectivity index is 4.34. The van der Waals surface area contributed by atoms with E-state index in [0.29, 0.717) is 19.3 Å². The Hall–Kier alpha value is -1.59. The van der Waals surface area contributed by atoms with Crippen LogP contribution in [0.25, 0.3) is 0 Å². The summed E-state index contributed by atoms with van der Waals surface area (Å²) in [6.07, 6.45) is 5.17. The van der Waals surface area contributed by atoms with E-state index in [9.17, 15) is 14.4 Å². The van der Waals surface area contributed by atoms with E-state index >= 15 is 0 Å². The van der Waals surface area contributed by atoms with Gasteiger partial charge in [0.1, 0.15) is 13.2 Å². The molecule has 0 N–H and O–H groups in total. The van der Waals surface area contributed by atoms with Crippen molar-refractivity contribution in [2.45, 2.75) is 84.7 Å². The van der Waals surface area contributed by atoms with Crippen molar-refractivity contribution >= 4 is 17.9 Å². The smallest absolute Gasteiger partial charge is 0.306 e. The summed E-state index contributed by atoms with van der Waals surface area (Å²) in [6, 6.07) is 0. The summed E-state index contributed by atoms with van der Waals surface area (Å²) in [7, 11) is 0. The van der Waals surface area contributed by atoms with Gasteiger partial charge in [0.05, 0.1) is 0 Å². The molecule has 0 spiro atoms. The third-order valence-corrected chi connectivity index (χ3v) is 3.36. The van der Waals surface area contributed by atoms with Crippen LogP contribution in [0, 0.1) is 0 Å². The summed E-state index contributed by atoms with van der Waals surface area (Å²) >= 11 is 0. The number of unbranched alkanes of at least 4 members (excludes halogenated alkanes) is 3. The zero-order valence-corrected chi connectivity index (χ0v) is 15.3. The van der Waals surface area contributed by atoms with Crippen LogP contribution in [-0.2, 0) is 28.6 Å². The summed E-state index contributed by atoms with van der Waals surface area (Å²) in [5.74, 6) is -1.02. The quantitative estimate of drug-likeness (QED) is 0.354. The summed E-state index contributed by atoms with van der Waals surface area (Å²) in [6.45, 7) is 5.79. The van der Waals surface area contributed by atoms with Gasteiger partial charge in [-0.1, -0.05) is 40.0 Å². The minimum Gasteiger partial charge on any atom is -0.462 e. The third-order valence-electron chi connectivity index (χ3n) is 3.36. The van der Waals surface area contributed by atoms with Crippen molar-refractivity contribution in [2.75, 3.05) is 13.2 Å². The number of carbonyl (C=O) groups excluding carboxylic acids is 3. The van der Waals surface area contributed by atoms with Crippen molar-refractivity contribution in [3.05, 3.63) is 0 Å². The van der Waals surface area contributed by atoms with E-state index in [1.165, 1.54) is 0 Å². The standard InChI is InChI=1S/C18H32O6/c1-4-7-10-16(19)22-13-15(24-18(21)12-9-6-3)14-23-17(20)11-8-5-2/h15H,4-14H2,1-3H3. The molecule has 6 nitrogen and oxygen atoms in total. The first-order valence-electron chi connectivity index (χ1n) is 9.04. The highest BCUT2D eigenvalue weighted by atomic mass is 16.6. The van der Waals surface area contributed by atoms with E-state index in [2.05, 4.69) is 0 Å². The first kappa shape index (κ1) is 22.4. The molecule has 0 aromatic heterocycles. The summed E-state index contributed by atoms with van der Waals surface area (Å²) < 4.78 is 15.5. The molecule has 0 rings (SSSR count). The first-order chi connectivity index (χ1) is 11.5. The van der Waals surface area contributed by atoms with Crippen molar-refractivity contribution in [3.8, 4) is 0 Å². The van der Waals surface area contributed by atoms with Gasteiger partial charge in [-0.05, 0) is 19.3 Å². The van der Waals surface area contributed by atoms with Crippen molar-refractivity contribution < 1.29 is 28.6 Å². The van der Waals surface area contributed by atoms with Crippen LogP contribution >= 0.6 is 0 Å². The topological polar surface area (TPSA) is 78.9 Å². The van der Waals surface area contributed by atoms with E-state index in [1.807, 2.05) is 20.8 Å². The SMILES string of the molecule is CCCCC(=O)OCC(COC(=O)CCCC)OC(=O)CCCC. The average molecular weight is 344 g/mol. The van der Waals surface area contributed by atoms with E-state index < -0.39 is 6.10 Å². The van der Waals surface area contributed by atoms with Gasteiger partial charge >= 0.3 is 17.9 Å². The molecular formula is C18H32O6. The van der Waals surface area contributed by atoms with Crippen LogP contribution in [0.15, 0.2) is 0 Å². The minimum absolute atomic E-state index is 0.0819. The number of hydrogen-bond donors (Lipinski definition) is 0. The number of ether oxygens (including phenoxy) is 3.